The van der Waals surface area contributed by atoms with E-state index in [-0.39, 0.29) is 11.6 Å². The van der Waals surface area contributed by atoms with Crippen LogP contribution in [0.15, 0.2) is 42.5 Å². The van der Waals surface area contributed by atoms with E-state index in [0.717, 1.165) is 11.1 Å². The van der Waals surface area contributed by atoms with Gasteiger partial charge in [0.2, 0.25) is 0 Å². The number of aryl methyl sites for hydroxylation is 1. The fourth-order valence-corrected chi connectivity index (χ4v) is 1.68. The highest BCUT2D eigenvalue weighted by molar-refractivity contribution is 5.32. The normalized spacial score (nSPS) is 10.4. The van der Waals surface area contributed by atoms with Gasteiger partial charge in [0, 0.05) is 6.42 Å². The molecular formula is C14H12F2. The predicted molar refractivity (Wildman–Crippen MR) is 60.3 cm³/mol. The molecule has 0 unspecified atom stereocenters. The van der Waals surface area contributed by atoms with Crippen LogP contribution in [-0.4, -0.2) is 0 Å². The molecule has 0 amide bonds. The lowest BCUT2D eigenvalue weighted by Gasteiger charge is -2.06. The Morgan fingerprint density at radius 1 is 0.938 bits per heavy atom. The third-order valence-corrected chi connectivity index (χ3v) is 2.65. The Bertz CT molecular complexity index is 504. The van der Waals surface area contributed by atoms with Gasteiger partial charge in [-0.2, -0.15) is 0 Å². The first-order valence-corrected chi connectivity index (χ1v) is 5.15. The Morgan fingerprint density at radius 3 is 2.44 bits per heavy atom. The molecule has 2 aromatic carbocycles. The first-order valence-electron chi connectivity index (χ1n) is 5.15. The highest BCUT2D eigenvalue weighted by Gasteiger charge is 2.05. The molecule has 0 N–H and O–H groups in total. The van der Waals surface area contributed by atoms with Gasteiger partial charge in [0.25, 0.3) is 0 Å². The van der Waals surface area contributed by atoms with Gasteiger partial charge in [-0.1, -0.05) is 24.3 Å². The molecule has 0 nitrogen and oxygen atoms in total. The van der Waals surface area contributed by atoms with E-state index >= 15 is 0 Å². The highest BCUT2D eigenvalue weighted by Crippen LogP contribution is 2.17. The molecule has 0 heterocycles. The van der Waals surface area contributed by atoms with Gasteiger partial charge in [0.05, 0.1) is 0 Å². The van der Waals surface area contributed by atoms with Crippen molar-refractivity contribution in [2.24, 2.45) is 0 Å². The van der Waals surface area contributed by atoms with E-state index in [1.165, 1.54) is 18.2 Å². The zero-order valence-electron chi connectivity index (χ0n) is 9.00. The molecule has 2 aromatic rings. The average Bonchev–Trinajstić information content (AvgIpc) is 2.27. The molecule has 0 aliphatic heterocycles. The van der Waals surface area contributed by atoms with E-state index in [2.05, 4.69) is 0 Å². The summed E-state index contributed by atoms with van der Waals surface area (Å²) in [4.78, 5) is 0. The van der Waals surface area contributed by atoms with Crippen molar-refractivity contribution < 1.29 is 8.78 Å². The van der Waals surface area contributed by atoms with Crippen LogP contribution < -0.4 is 0 Å². The average molecular weight is 218 g/mol. The van der Waals surface area contributed by atoms with Crippen molar-refractivity contribution in [3.05, 3.63) is 70.8 Å². The SMILES string of the molecule is Cc1ccc(F)cc1Cc1ccccc1F. The minimum Gasteiger partial charge on any atom is -0.207 e. The zero-order chi connectivity index (χ0) is 11.5. The zero-order valence-corrected chi connectivity index (χ0v) is 9.00. The Kier molecular flexibility index (Phi) is 3.00. The molecule has 0 fully saturated rings. The number of rotatable bonds is 2. The summed E-state index contributed by atoms with van der Waals surface area (Å²) in [6.45, 7) is 1.90. The first kappa shape index (κ1) is 10.8. The molecule has 0 saturated carbocycles. The van der Waals surface area contributed by atoms with Crippen molar-refractivity contribution in [2.45, 2.75) is 13.3 Å². The van der Waals surface area contributed by atoms with Crippen LogP contribution in [0.3, 0.4) is 0 Å². The fraction of sp³-hybridized carbons (Fsp3) is 0.143. The fourth-order valence-electron chi connectivity index (χ4n) is 1.68. The second-order valence-corrected chi connectivity index (χ2v) is 3.84. The van der Waals surface area contributed by atoms with Crippen molar-refractivity contribution in [2.75, 3.05) is 0 Å². The Balaban J connectivity index is 2.34. The van der Waals surface area contributed by atoms with E-state index < -0.39 is 0 Å². The Hall–Kier alpha value is -1.70. The summed E-state index contributed by atoms with van der Waals surface area (Å²) >= 11 is 0. The molecular weight excluding hydrogens is 206 g/mol. The molecule has 2 rings (SSSR count). The number of hydrogen-bond donors (Lipinski definition) is 0. The maximum absolute atomic E-state index is 13.4. The summed E-state index contributed by atoms with van der Waals surface area (Å²) < 4.78 is 26.5. The Labute approximate surface area is 93.5 Å². The minimum atomic E-state index is -0.281. The molecule has 0 aromatic heterocycles. The largest absolute Gasteiger partial charge is 0.207 e. The van der Waals surface area contributed by atoms with Gasteiger partial charge in [0.1, 0.15) is 11.6 Å². The summed E-state index contributed by atoms with van der Waals surface area (Å²) in [6, 6.07) is 11.2. The van der Waals surface area contributed by atoms with Crippen LogP contribution in [0, 0.1) is 18.6 Å². The third-order valence-electron chi connectivity index (χ3n) is 2.65. The van der Waals surface area contributed by atoms with Crippen molar-refractivity contribution in [3.63, 3.8) is 0 Å². The lowest BCUT2D eigenvalue weighted by Crippen LogP contribution is -1.95. The van der Waals surface area contributed by atoms with Gasteiger partial charge in [0.15, 0.2) is 0 Å². The van der Waals surface area contributed by atoms with Crippen LogP contribution in [0.1, 0.15) is 16.7 Å². The lowest BCUT2D eigenvalue weighted by molar-refractivity contribution is 0.611. The van der Waals surface area contributed by atoms with Gasteiger partial charge in [-0.25, -0.2) is 8.78 Å². The number of benzene rings is 2. The maximum Gasteiger partial charge on any atom is 0.126 e. The molecule has 16 heavy (non-hydrogen) atoms. The van der Waals surface area contributed by atoms with Crippen LogP contribution in [0.5, 0.6) is 0 Å². The molecule has 2 heteroatoms. The molecule has 82 valence electrons. The molecule has 0 radical (unpaired) electrons. The summed E-state index contributed by atoms with van der Waals surface area (Å²) in [5, 5.41) is 0. The smallest absolute Gasteiger partial charge is 0.126 e. The summed E-state index contributed by atoms with van der Waals surface area (Å²) in [5.74, 6) is -0.525. The van der Waals surface area contributed by atoms with E-state index in [9.17, 15) is 8.78 Å². The first-order chi connectivity index (χ1) is 7.66. The van der Waals surface area contributed by atoms with E-state index in [0.29, 0.717) is 12.0 Å². The number of halogens is 2. The lowest BCUT2D eigenvalue weighted by atomic mass is 10.0. The van der Waals surface area contributed by atoms with Crippen molar-refractivity contribution in [3.8, 4) is 0 Å². The van der Waals surface area contributed by atoms with E-state index in [1.807, 2.05) is 6.92 Å². The molecule has 0 saturated heterocycles. The summed E-state index contributed by atoms with van der Waals surface area (Å²) in [7, 11) is 0. The maximum atomic E-state index is 13.4. The minimum absolute atomic E-state index is 0.244. The second-order valence-electron chi connectivity index (χ2n) is 3.84. The van der Waals surface area contributed by atoms with Gasteiger partial charge in [-0.05, 0) is 41.8 Å². The standard InChI is InChI=1S/C14H12F2/c1-10-6-7-13(15)9-12(10)8-11-4-2-3-5-14(11)16/h2-7,9H,8H2,1H3. The quantitative estimate of drug-likeness (QED) is 0.718. The van der Waals surface area contributed by atoms with Crippen molar-refractivity contribution in [1.29, 1.82) is 0 Å². The second kappa shape index (κ2) is 4.44. The van der Waals surface area contributed by atoms with Gasteiger partial charge >= 0.3 is 0 Å². The van der Waals surface area contributed by atoms with Crippen molar-refractivity contribution in [1.82, 2.24) is 0 Å². The summed E-state index contributed by atoms with van der Waals surface area (Å²) in [6.07, 6.45) is 0.427. The van der Waals surface area contributed by atoms with Crippen LogP contribution in [0.25, 0.3) is 0 Å². The van der Waals surface area contributed by atoms with Crippen LogP contribution >= 0.6 is 0 Å². The predicted octanol–water partition coefficient (Wildman–Crippen LogP) is 3.86. The third kappa shape index (κ3) is 2.27. The molecule has 0 aliphatic rings. The molecule has 0 aliphatic carbocycles. The topological polar surface area (TPSA) is 0 Å². The van der Waals surface area contributed by atoms with Gasteiger partial charge in [-0.3, -0.25) is 0 Å². The molecule has 0 bridgehead atoms. The summed E-state index contributed by atoms with van der Waals surface area (Å²) in [5.41, 5.74) is 2.39. The number of hydrogen-bond acceptors (Lipinski definition) is 0. The van der Waals surface area contributed by atoms with Crippen LogP contribution in [0.2, 0.25) is 0 Å². The molecule has 0 spiro atoms. The molecule has 0 atom stereocenters. The van der Waals surface area contributed by atoms with Crippen LogP contribution in [-0.2, 0) is 6.42 Å². The van der Waals surface area contributed by atoms with Gasteiger partial charge < -0.3 is 0 Å². The Morgan fingerprint density at radius 2 is 1.69 bits per heavy atom. The highest BCUT2D eigenvalue weighted by atomic mass is 19.1. The monoisotopic (exact) mass is 218 g/mol. The van der Waals surface area contributed by atoms with Gasteiger partial charge in [-0.15, -0.1) is 0 Å². The van der Waals surface area contributed by atoms with E-state index in [4.69, 9.17) is 0 Å². The van der Waals surface area contributed by atoms with E-state index in [1.54, 1.807) is 24.3 Å². The van der Waals surface area contributed by atoms with Crippen molar-refractivity contribution >= 4 is 0 Å². The van der Waals surface area contributed by atoms with Crippen LogP contribution in [0.4, 0.5) is 8.78 Å².